The maximum absolute atomic E-state index is 13.6. The lowest BCUT2D eigenvalue weighted by Crippen LogP contribution is -2.38. The van der Waals surface area contributed by atoms with Gasteiger partial charge in [0.1, 0.15) is 11.2 Å². The van der Waals surface area contributed by atoms with Gasteiger partial charge in [0.15, 0.2) is 5.65 Å². The molecule has 5 aromatic rings. The smallest absolute Gasteiger partial charge is 0.335 e. The Bertz CT molecular complexity index is 1830. The molecule has 0 fully saturated rings. The van der Waals surface area contributed by atoms with Crippen LogP contribution in [0.5, 0.6) is 0 Å². The van der Waals surface area contributed by atoms with Crippen molar-refractivity contribution in [3.63, 3.8) is 0 Å². The van der Waals surface area contributed by atoms with Gasteiger partial charge in [-0.1, -0.05) is 62.4 Å². The SMILES string of the molecule is CC(C)Cn1c(=O)n(C)c(=O)c2c(-c3cccc(C(=O)O)c3)n(Cc3ccccc3-c3ccc(F)cc3)nc21. The van der Waals surface area contributed by atoms with Gasteiger partial charge in [0, 0.05) is 19.2 Å². The van der Waals surface area contributed by atoms with Gasteiger partial charge in [-0.15, -0.1) is 0 Å². The summed E-state index contributed by atoms with van der Waals surface area (Å²) in [5.74, 6) is -1.33. The van der Waals surface area contributed by atoms with E-state index in [2.05, 4.69) is 0 Å². The molecule has 0 amide bonds. The van der Waals surface area contributed by atoms with Crippen LogP contribution in [0.3, 0.4) is 0 Å². The maximum atomic E-state index is 13.6. The van der Waals surface area contributed by atoms with Gasteiger partial charge in [-0.3, -0.25) is 18.6 Å². The fourth-order valence-corrected chi connectivity index (χ4v) is 4.83. The Morgan fingerprint density at radius 2 is 1.69 bits per heavy atom. The van der Waals surface area contributed by atoms with Gasteiger partial charge in [-0.25, -0.2) is 14.0 Å². The number of halogens is 1. The lowest BCUT2D eigenvalue weighted by Gasteiger charge is -2.13. The first-order chi connectivity index (χ1) is 18.7. The lowest BCUT2D eigenvalue weighted by atomic mass is 9.99. The highest BCUT2D eigenvalue weighted by atomic mass is 19.1. The van der Waals surface area contributed by atoms with Crippen LogP contribution in [0.4, 0.5) is 4.39 Å². The van der Waals surface area contributed by atoms with Crippen molar-refractivity contribution in [1.29, 1.82) is 0 Å². The second-order valence-electron chi connectivity index (χ2n) is 9.91. The van der Waals surface area contributed by atoms with Gasteiger partial charge in [0.2, 0.25) is 0 Å². The summed E-state index contributed by atoms with van der Waals surface area (Å²) >= 11 is 0. The molecule has 5 rings (SSSR count). The van der Waals surface area contributed by atoms with Gasteiger partial charge in [-0.05, 0) is 46.9 Å². The minimum absolute atomic E-state index is 0.0624. The molecule has 2 aromatic heterocycles. The van der Waals surface area contributed by atoms with Gasteiger partial charge in [0.25, 0.3) is 5.56 Å². The van der Waals surface area contributed by atoms with Crippen LogP contribution in [0.1, 0.15) is 29.8 Å². The third-order valence-electron chi connectivity index (χ3n) is 6.65. The molecule has 0 aliphatic heterocycles. The minimum atomic E-state index is -1.10. The molecule has 0 radical (unpaired) electrons. The predicted octanol–water partition coefficient (Wildman–Crippen LogP) is 4.77. The van der Waals surface area contributed by atoms with Crippen molar-refractivity contribution >= 4 is 17.0 Å². The Labute approximate surface area is 223 Å². The number of carboxylic acids is 1. The van der Waals surface area contributed by atoms with E-state index in [0.29, 0.717) is 17.8 Å². The van der Waals surface area contributed by atoms with Crippen molar-refractivity contribution < 1.29 is 14.3 Å². The summed E-state index contributed by atoms with van der Waals surface area (Å²) in [6, 6.07) is 20.1. The lowest BCUT2D eigenvalue weighted by molar-refractivity contribution is 0.0697. The normalized spacial score (nSPS) is 11.4. The number of hydrogen-bond donors (Lipinski definition) is 1. The predicted molar refractivity (Wildman–Crippen MR) is 147 cm³/mol. The van der Waals surface area contributed by atoms with Crippen LogP contribution in [0.2, 0.25) is 0 Å². The van der Waals surface area contributed by atoms with Crippen molar-refractivity contribution in [3.8, 4) is 22.4 Å². The average Bonchev–Trinajstić information content (AvgIpc) is 3.29. The Morgan fingerprint density at radius 1 is 0.974 bits per heavy atom. The fraction of sp³-hybridized carbons (Fsp3) is 0.200. The summed E-state index contributed by atoms with van der Waals surface area (Å²) in [5.41, 5.74) is 2.75. The average molecular weight is 527 g/mol. The van der Waals surface area contributed by atoms with E-state index in [1.54, 1.807) is 28.9 Å². The van der Waals surface area contributed by atoms with Crippen LogP contribution in [0.25, 0.3) is 33.4 Å². The molecule has 2 heterocycles. The molecule has 9 heteroatoms. The zero-order valence-electron chi connectivity index (χ0n) is 21.8. The molecule has 0 unspecified atom stereocenters. The van der Waals surface area contributed by atoms with Crippen molar-refractivity contribution in [2.24, 2.45) is 13.0 Å². The molecule has 1 N–H and O–H groups in total. The maximum Gasteiger partial charge on any atom is 0.335 e. The van der Waals surface area contributed by atoms with Crippen LogP contribution < -0.4 is 11.2 Å². The van der Waals surface area contributed by atoms with E-state index in [1.165, 1.54) is 35.9 Å². The molecule has 0 saturated carbocycles. The summed E-state index contributed by atoms with van der Waals surface area (Å²) in [6.07, 6.45) is 0. The standard InChI is InChI=1S/C30H27FN4O4/c1-18(2)16-34-27-25(28(36)33(3)30(34)39)26(20-8-6-9-21(15-20)29(37)38)35(32-27)17-22-7-4-5-10-24(22)19-11-13-23(31)14-12-19/h4-15,18H,16-17H2,1-3H3,(H,37,38). The summed E-state index contributed by atoms with van der Waals surface area (Å²) in [6.45, 7) is 4.50. The van der Waals surface area contributed by atoms with Gasteiger partial charge in [-0.2, -0.15) is 5.10 Å². The second-order valence-corrected chi connectivity index (χ2v) is 9.91. The largest absolute Gasteiger partial charge is 0.478 e. The molecule has 39 heavy (non-hydrogen) atoms. The fourth-order valence-electron chi connectivity index (χ4n) is 4.83. The van der Waals surface area contributed by atoms with Crippen molar-refractivity contribution in [2.45, 2.75) is 26.9 Å². The summed E-state index contributed by atoms with van der Waals surface area (Å²) in [4.78, 5) is 38.4. The monoisotopic (exact) mass is 526 g/mol. The molecular formula is C30H27FN4O4. The van der Waals surface area contributed by atoms with Crippen LogP contribution in [-0.4, -0.2) is 30.0 Å². The highest BCUT2D eigenvalue weighted by Crippen LogP contribution is 2.30. The van der Waals surface area contributed by atoms with E-state index in [0.717, 1.165) is 21.3 Å². The number of rotatable bonds is 7. The van der Waals surface area contributed by atoms with Crippen molar-refractivity contribution in [1.82, 2.24) is 18.9 Å². The first kappa shape index (κ1) is 25.8. The Morgan fingerprint density at radius 3 is 2.38 bits per heavy atom. The molecule has 3 aromatic carbocycles. The number of fused-ring (bicyclic) bond motifs is 1. The highest BCUT2D eigenvalue weighted by Gasteiger charge is 2.24. The van der Waals surface area contributed by atoms with Crippen LogP contribution in [-0.2, 0) is 20.1 Å². The van der Waals surface area contributed by atoms with E-state index in [-0.39, 0.29) is 34.9 Å². The van der Waals surface area contributed by atoms with E-state index in [4.69, 9.17) is 5.10 Å². The molecule has 0 aliphatic rings. The zero-order valence-corrected chi connectivity index (χ0v) is 21.8. The topological polar surface area (TPSA) is 99.1 Å². The van der Waals surface area contributed by atoms with Gasteiger partial charge < -0.3 is 5.11 Å². The number of benzene rings is 3. The first-order valence-electron chi connectivity index (χ1n) is 12.5. The van der Waals surface area contributed by atoms with E-state index in [1.807, 2.05) is 38.1 Å². The third kappa shape index (κ3) is 4.79. The second kappa shape index (κ2) is 10.2. The Kier molecular flexibility index (Phi) is 6.74. The summed E-state index contributed by atoms with van der Waals surface area (Å²) in [5, 5.41) is 14.6. The quantitative estimate of drug-likeness (QED) is 0.329. The molecule has 0 bridgehead atoms. The first-order valence-corrected chi connectivity index (χ1v) is 12.5. The molecule has 0 spiro atoms. The van der Waals surface area contributed by atoms with Crippen LogP contribution >= 0.6 is 0 Å². The zero-order chi connectivity index (χ0) is 27.8. The summed E-state index contributed by atoms with van der Waals surface area (Å²) in [7, 11) is 1.43. The number of nitrogens with zero attached hydrogens (tertiary/aromatic N) is 4. The molecule has 198 valence electrons. The van der Waals surface area contributed by atoms with Crippen molar-refractivity contribution in [2.75, 3.05) is 0 Å². The molecule has 0 saturated heterocycles. The van der Waals surface area contributed by atoms with E-state index < -0.39 is 17.2 Å². The number of aromatic nitrogens is 4. The number of carboxylic acid groups (broad SMARTS) is 1. The number of aromatic carboxylic acids is 1. The molecule has 8 nitrogen and oxygen atoms in total. The van der Waals surface area contributed by atoms with Gasteiger partial charge >= 0.3 is 11.7 Å². The van der Waals surface area contributed by atoms with E-state index in [9.17, 15) is 23.9 Å². The van der Waals surface area contributed by atoms with E-state index >= 15 is 0 Å². The van der Waals surface area contributed by atoms with Crippen LogP contribution in [0.15, 0.2) is 82.4 Å². The minimum Gasteiger partial charge on any atom is -0.478 e. The molecular weight excluding hydrogens is 499 g/mol. The molecule has 0 aliphatic carbocycles. The Balaban J connectivity index is 1.81. The van der Waals surface area contributed by atoms with Crippen molar-refractivity contribution in [3.05, 3.63) is 111 Å². The third-order valence-corrected chi connectivity index (χ3v) is 6.65. The molecule has 0 atom stereocenters. The number of carbonyl (C=O) groups is 1. The van der Waals surface area contributed by atoms with Crippen LogP contribution in [0, 0.1) is 11.7 Å². The highest BCUT2D eigenvalue weighted by molar-refractivity contribution is 5.94. The number of hydrogen-bond acceptors (Lipinski definition) is 4. The Hall–Kier alpha value is -4.79. The van der Waals surface area contributed by atoms with Gasteiger partial charge in [0.05, 0.1) is 17.8 Å². The summed E-state index contributed by atoms with van der Waals surface area (Å²) < 4.78 is 17.8.